The predicted octanol–water partition coefficient (Wildman–Crippen LogP) is 1.67. The summed E-state index contributed by atoms with van der Waals surface area (Å²) in [5, 5.41) is 0. The predicted molar refractivity (Wildman–Crippen MR) is 43.2 cm³/mol. The van der Waals surface area contributed by atoms with E-state index in [-0.39, 0.29) is 0 Å². The molecule has 0 unspecified atom stereocenters. The van der Waals surface area contributed by atoms with Gasteiger partial charge in [0.1, 0.15) is 0 Å². The molecule has 0 atom stereocenters. The lowest BCUT2D eigenvalue weighted by Crippen LogP contribution is -2.02. The highest BCUT2D eigenvalue weighted by Gasteiger charge is 2.04. The summed E-state index contributed by atoms with van der Waals surface area (Å²) in [4.78, 5) is 10.7. The van der Waals surface area contributed by atoms with Crippen molar-refractivity contribution < 1.29 is 4.79 Å². The second kappa shape index (κ2) is 3.19. The molecule has 0 aliphatic rings. The van der Waals surface area contributed by atoms with Gasteiger partial charge in [0.15, 0.2) is 0 Å². The first-order valence-electron chi connectivity index (χ1n) is 3.59. The van der Waals surface area contributed by atoms with E-state index in [0.717, 1.165) is 12.0 Å². The topological polar surface area (TPSA) is 40.9 Å². The molecule has 0 aliphatic carbocycles. The van der Waals surface area contributed by atoms with Crippen molar-refractivity contribution in [2.24, 2.45) is 0 Å². The normalized spacial score (nSPS) is 9.55. The van der Waals surface area contributed by atoms with Gasteiger partial charge >= 0.3 is 0 Å². The minimum absolute atomic E-state index is 0.523. The third-order valence-electron chi connectivity index (χ3n) is 1.64. The molecule has 0 spiro atoms. The molecule has 0 aliphatic heterocycles. The number of hydrogen-bond donors (Lipinski definition) is 0. The number of hydrogen-bond acceptors (Lipinski definition) is 1. The zero-order valence-electron chi connectivity index (χ0n) is 6.42. The molecular weight excluding hydrogens is 138 g/mol. The van der Waals surface area contributed by atoms with Gasteiger partial charge in [0, 0.05) is 5.56 Å². The lowest BCUT2D eigenvalue weighted by atomic mass is 10.1. The molecule has 1 rings (SSSR count). The molecule has 1 aromatic rings. The van der Waals surface area contributed by atoms with E-state index in [1.165, 1.54) is 0 Å². The van der Waals surface area contributed by atoms with Gasteiger partial charge in [-0.2, -0.15) is 0 Å². The van der Waals surface area contributed by atoms with Crippen LogP contribution in [0.2, 0.25) is 0 Å². The van der Waals surface area contributed by atoms with Gasteiger partial charge in [-0.05, 0) is 18.1 Å². The van der Waals surface area contributed by atoms with Gasteiger partial charge in [0.25, 0.3) is 5.91 Å². The number of benzene rings is 1. The van der Waals surface area contributed by atoms with Gasteiger partial charge < -0.3 is 0 Å². The maximum atomic E-state index is 10.7. The van der Waals surface area contributed by atoms with Crippen LogP contribution in [0.25, 0.3) is 0 Å². The highest BCUT2D eigenvalue weighted by molar-refractivity contribution is 5.93. The number of aryl methyl sites for hydroxylation is 1. The van der Waals surface area contributed by atoms with E-state index in [2.05, 4.69) is 0 Å². The van der Waals surface area contributed by atoms with E-state index >= 15 is 0 Å². The van der Waals surface area contributed by atoms with Crippen LogP contribution >= 0.6 is 0 Å². The van der Waals surface area contributed by atoms with E-state index in [4.69, 9.17) is 5.73 Å². The summed E-state index contributed by atoms with van der Waals surface area (Å²) in [6.45, 7) is 1.97. The Labute approximate surface area is 66.0 Å². The highest BCUT2D eigenvalue weighted by atomic mass is 16.1. The Morgan fingerprint density at radius 2 is 2.09 bits per heavy atom. The first kappa shape index (κ1) is 7.79. The summed E-state index contributed by atoms with van der Waals surface area (Å²) < 4.78 is 0. The summed E-state index contributed by atoms with van der Waals surface area (Å²) in [6, 6.07) is 7.22. The largest absolute Gasteiger partial charge is 0.269 e. The lowest BCUT2D eigenvalue weighted by Gasteiger charge is -2.00. The van der Waals surface area contributed by atoms with Gasteiger partial charge in [-0.15, -0.1) is 0 Å². The quantitative estimate of drug-likeness (QED) is 0.629. The van der Waals surface area contributed by atoms with Crippen LogP contribution in [-0.2, 0) is 6.42 Å². The average molecular weight is 148 g/mol. The molecule has 0 saturated carbocycles. The van der Waals surface area contributed by atoms with E-state index in [1.807, 2.05) is 19.1 Å². The number of rotatable bonds is 2. The van der Waals surface area contributed by atoms with Crippen molar-refractivity contribution in [3.63, 3.8) is 0 Å². The molecule has 2 nitrogen and oxygen atoms in total. The van der Waals surface area contributed by atoms with E-state index < -0.39 is 5.91 Å². The summed E-state index contributed by atoms with van der Waals surface area (Å²) in [6.07, 6.45) is 0.806. The van der Waals surface area contributed by atoms with Crippen molar-refractivity contribution in [1.29, 1.82) is 0 Å². The minimum atomic E-state index is -0.595. The molecular formula is C9H10NO. The first-order valence-corrected chi connectivity index (χ1v) is 3.59. The molecule has 57 valence electrons. The van der Waals surface area contributed by atoms with Crippen LogP contribution in [0.1, 0.15) is 22.8 Å². The second-order valence-electron chi connectivity index (χ2n) is 2.34. The van der Waals surface area contributed by atoms with Gasteiger partial charge in [0.05, 0.1) is 0 Å². The molecule has 0 saturated heterocycles. The summed E-state index contributed by atoms with van der Waals surface area (Å²) in [7, 11) is 0. The van der Waals surface area contributed by atoms with Gasteiger partial charge in [-0.1, -0.05) is 25.1 Å². The molecule has 1 aromatic carbocycles. The van der Waals surface area contributed by atoms with Crippen LogP contribution in [0.15, 0.2) is 24.3 Å². The first-order chi connectivity index (χ1) is 5.25. The van der Waals surface area contributed by atoms with Crippen molar-refractivity contribution >= 4 is 5.91 Å². The molecule has 0 aromatic heterocycles. The lowest BCUT2D eigenvalue weighted by molar-refractivity contribution is 0.0991. The Hall–Kier alpha value is -1.31. The molecule has 1 amide bonds. The van der Waals surface area contributed by atoms with Gasteiger partial charge in [-0.3, -0.25) is 10.5 Å². The molecule has 1 radical (unpaired) electrons. The van der Waals surface area contributed by atoms with Crippen LogP contribution in [-0.4, -0.2) is 5.91 Å². The standard InChI is InChI=1S/C9H10NO/c1-2-7-5-3-4-6-8(7)9(10)11/h3-6,10H,2H2,1H3. The van der Waals surface area contributed by atoms with Crippen LogP contribution in [0.3, 0.4) is 0 Å². The molecule has 0 heterocycles. The van der Waals surface area contributed by atoms with E-state index in [1.54, 1.807) is 12.1 Å². The summed E-state index contributed by atoms with van der Waals surface area (Å²) in [5.74, 6) is -0.595. The third-order valence-corrected chi connectivity index (χ3v) is 1.64. The molecule has 1 N–H and O–H groups in total. The Balaban J connectivity index is 3.12. The van der Waals surface area contributed by atoms with Crippen molar-refractivity contribution in [1.82, 2.24) is 5.73 Å². The zero-order valence-corrected chi connectivity index (χ0v) is 6.42. The fraction of sp³-hybridized carbons (Fsp3) is 0.222. The smallest absolute Gasteiger partial charge is 0.267 e. The van der Waals surface area contributed by atoms with Crippen molar-refractivity contribution in [3.8, 4) is 0 Å². The minimum Gasteiger partial charge on any atom is -0.267 e. The number of amides is 1. The van der Waals surface area contributed by atoms with Gasteiger partial charge in [0.2, 0.25) is 0 Å². The van der Waals surface area contributed by atoms with Crippen LogP contribution in [0.4, 0.5) is 0 Å². The Kier molecular flexibility index (Phi) is 2.26. The fourth-order valence-corrected chi connectivity index (χ4v) is 1.05. The van der Waals surface area contributed by atoms with E-state index in [0.29, 0.717) is 5.56 Å². The Morgan fingerprint density at radius 3 is 2.55 bits per heavy atom. The number of nitrogens with one attached hydrogen (secondary N) is 1. The number of carbonyl (C=O) groups is 1. The molecule has 11 heavy (non-hydrogen) atoms. The number of carbonyl (C=O) groups excluding carboxylic acids is 1. The molecule has 2 heteroatoms. The monoisotopic (exact) mass is 148 g/mol. The van der Waals surface area contributed by atoms with Gasteiger partial charge in [-0.25, -0.2) is 0 Å². The Morgan fingerprint density at radius 1 is 1.45 bits per heavy atom. The summed E-state index contributed by atoms with van der Waals surface area (Å²) in [5.41, 5.74) is 8.40. The Bertz CT molecular complexity index is 268. The van der Waals surface area contributed by atoms with Crippen LogP contribution < -0.4 is 5.73 Å². The second-order valence-corrected chi connectivity index (χ2v) is 2.34. The highest BCUT2D eigenvalue weighted by Crippen LogP contribution is 2.08. The maximum Gasteiger partial charge on any atom is 0.269 e. The fourth-order valence-electron chi connectivity index (χ4n) is 1.05. The summed E-state index contributed by atoms with van der Waals surface area (Å²) >= 11 is 0. The van der Waals surface area contributed by atoms with Crippen molar-refractivity contribution in [3.05, 3.63) is 35.4 Å². The third kappa shape index (κ3) is 1.58. The van der Waals surface area contributed by atoms with Crippen LogP contribution in [0.5, 0.6) is 0 Å². The zero-order chi connectivity index (χ0) is 8.27. The van der Waals surface area contributed by atoms with Crippen LogP contribution in [0, 0.1) is 0 Å². The van der Waals surface area contributed by atoms with Crippen molar-refractivity contribution in [2.45, 2.75) is 13.3 Å². The van der Waals surface area contributed by atoms with E-state index in [9.17, 15) is 4.79 Å². The average Bonchev–Trinajstić information content (AvgIpc) is 2.04. The van der Waals surface area contributed by atoms with Crippen molar-refractivity contribution in [2.75, 3.05) is 0 Å². The SMILES string of the molecule is CCc1ccccc1C([NH])=O. The molecule has 0 bridgehead atoms. The maximum absolute atomic E-state index is 10.7. The molecule has 0 fully saturated rings.